The van der Waals surface area contributed by atoms with E-state index in [9.17, 15) is 4.79 Å². The van der Waals surface area contributed by atoms with E-state index in [0.29, 0.717) is 39.8 Å². The van der Waals surface area contributed by atoms with E-state index in [1.807, 2.05) is 31.2 Å². The van der Waals surface area contributed by atoms with Gasteiger partial charge in [-0.15, -0.1) is 0 Å². The summed E-state index contributed by atoms with van der Waals surface area (Å²) in [5, 5.41) is 4.37. The summed E-state index contributed by atoms with van der Waals surface area (Å²) >= 11 is 6.51. The van der Waals surface area contributed by atoms with Gasteiger partial charge in [-0.1, -0.05) is 23.7 Å². The Bertz CT molecular complexity index is 1610. The zero-order chi connectivity index (χ0) is 27.7. The van der Waals surface area contributed by atoms with E-state index in [1.54, 1.807) is 26.4 Å². The van der Waals surface area contributed by atoms with Gasteiger partial charge in [0.05, 0.1) is 28.8 Å². The van der Waals surface area contributed by atoms with E-state index >= 15 is 0 Å². The average Bonchev–Trinajstić information content (AvgIpc) is 2.92. The molecule has 204 valence electrons. The number of anilines is 3. The minimum absolute atomic E-state index is 0.185. The number of morpholine rings is 1. The number of halogens is 1. The fourth-order valence-corrected chi connectivity index (χ4v) is 5.29. The molecule has 0 radical (unpaired) electrons. The molecule has 11 heteroatoms. The van der Waals surface area contributed by atoms with Crippen molar-refractivity contribution in [2.45, 2.75) is 13.0 Å². The van der Waals surface area contributed by atoms with Gasteiger partial charge in [0.15, 0.2) is 5.65 Å². The lowest BCUT2D eigenvalue weighted by Crippen LogP contribution is -2.46. The van der Waals surface area contributed by atoms with Gasteiger partial charge < -0.3 is 19.9 Å². The van der Waals surface area contributed by atoms with Gasteiger partial charge in [-0.25, -0.2) is 14.3 Å². The number of fused-ring (bicyclic) bond motifs is 1. The molecule has 1 aliphatic rings. The molecule has 1 N–H and O–H groups in total. The van der Waals surface area contributed by atoms with E-state index in [0.717, 1.165) is 36.6 Å². The lowest BCUT2D eigenvalue weighted by Gasteiger charge is -2.35. The first kappa shape index (κ1) is 26.9. The monoisotopic (exact) mass is 548 g/mol. The number of nitrogens with one attached hydrogen (secondary N) is 1. The zero-order valence-electron chi connectivity index (χ0n) is 22.8. The van der Waals surface area contributed by atoms with Gasteiger partial charge in [0.25, 0.3) is 0 Å². The highest BCUT2D eigenvalue weighted by atomic mass is 35.5. The highest BCUT2D eigenvalue weighted by Gasteiger charge is 2.21. The molecule has 0 saturated carbocycles. The molecular formula is C28H33ClN8O2. The Morgan fingerprint density at radius 1 is 1.21 bits per heavy atom. The minimum atomic E-state index is -0.300. The van der Waals surface area contributed by atoms with Gasteiger partial charge in [-0.05, 0) is 56.9 Å². The highest BCUT2D eigenvalue weighted by molar-refractivity contribution is 6.32. The van der Waals surface area contributed by atoms with Crippen molar-refractivity contribution < 1.29 is 4.74 Å². The first-order valence-electron chi connectivity index (χ1n) is 12.8. The maximum absolute atomic E-state index is 13.5. The van der Waals surface area contributed by atoms with Crippen LogP contribution in [-0.4, -0.2) is 77.5 Å². The number of likely N-dealkylation sites (N-methyl/N-ethyl adjacent to an activating group) is 1. The molecule has 2 aromatic carbocycles. The molecule has 0 amide bonds. The molecular weight excluding hydrogens is 516 g/mol. The first-order valence-corrected chi connectivity index (χ1v) is 13.2. The fourth-order valence-electron chi connectivity index (χ4n) is 4.98. The summed E-state index contributed by atoms with van der Waals surface area (Å²) in [6, 6.07) is 13.7. The lowest BCUT2D eigenvalue weighted by molar-refractivity contribution is 0.0248. The second-order valence-corrected chi connectivity index (χ2v) is 10.3. The number of hydrogen-bond acceptors (Lipinski definition) is 8. The predicted octanol–water partition coefficient (Wildman–Crippen LogP) is 3.12. The summed E-state index contributed by atoms with van der Waals surface area (Å²) in [4.78, 5) is 31.6. The van der Waals surface area contributed by atoms with Crippen molar-refractivity contribution in [3.05, 3.63) is 75.2 Å². The van der Waals surface area contributed by atoms with Gasteiger partial charge in [-0.3, -0.25) is 9.56 Å². The highest BCUT2D eigenvalue weighted by Crippen LogP contribution is 2.24. The molecule has 1 saturated heterocycles. The maximum atomic E-state index is 13.5. The molecule has 0 spiro atoms. The van der Waals surface area contributed by atoms with E-state index in [1.165, 1.54) is 9.13 Å². The summed E-state index contributed by atoms with van der Waals surface area (Å²) in [6.45, 7) is 5.23. The Labute approximate surface area is 232 Å². The molecule has 1 fully saturated rings. The number of rotatable bonds is 6. The quantitative estimate of drug-likeness (QED) is 0.396. The molecule has 0 bridgehead atoms. The molecule has 0 aliphatic carbocycles. The number of benzene rings is 2. The number of ether oxygens (including phenoxy) is 1. The first-order chi connectivity index (χ1) is 18.8. The van der Waals surface area contributed by atoms with Crippen LogP contribution < -0.4 is 21.4 Å². The number of aromatic nitrogens is 4. The number of para-hydroxylation sites is 1. The molecule has 4 aromatic rings. The fraction of sp³-hybridized carbons (Fsp3) is 0.357. The summed E-state index contributed by atoms with van der Waals surface area (Å²) in [5.41, 5.74) is 4.06. The van der Waals surface area contributed by atoms with E-state index in [2.05, 4.69) is 56.3 Å². The van der Waals surface area contributed by atoms with Crippen molar-refractivity contribution >= 4 is 40.0 Å². The third-order valence-corrected chi connectivity index (χ3v) is 7.14. The van der Waals surface area contributed by atoms with Crippen LogP contribution in [0, 0.1) is 6.92 Å². The Morgan fingerprint density at radius 3 is 2.67 bits per heavy atom. The Balaban J connectivity index is 1.44. The van der Waals surface area contributed by atoms with Gasteiger partial charge in [-0.2, -0.15) is 4.98 Å². The molecule has 5 rings (SSSR count). The van der Waals surface area contributed by atoms with Gasteiger partial charge >= 0.3 is 5.69 Å². The van der Waals surface area contributed by atoms with Gasteiger partial charge in [0, 0.05) is 51.3 Å². The van der Waals surface area contributed by atoms with Crippen molar-refractivity contribution in [2.24, 2.45) is 12.0 Å². The van der Waals surface area contributed by atoms with Gasteiger partial charge in [0.1, 0.15) is 5.49 Å². The topological polar surface area (TPSA) is 92.8 Å². The van der Waals surface area contributed by atoms with E-state index in [-0.39, 0.29) is 11.8 Å². The number of aryl methyl sites for hydroxylation is 2. The van der Waals surface area contributed by atoms with Crippen LogP contribution in [0.4, 0.5) is 17.3 Å². The third kappa shape index (κ3) is 5.40. The Kier molecular flexibility index (Phi) is 7.69. The molecule has 10 nitrogen and oxygen atoms in total. The molecule has 1 aliphatic heterocycles. The predicted molar refractivity (Wildman–Crippen MR) is 156 cm³/mol. The van der Waals surface area contributed by atoms with Crippen LogP contribution in [0.1, 0.15) is 5.56 Å². The Hall–Kier alpha value is -3.73. The lowest BCUT2D eigenvalue weighted by atomic mass is 10.2. The second-order valence-electron chi connectivity index (χ2n) is 9.93. The van der Waals surface area contributed by atoms with E-state index in [4.69, 9.17) is 16.3 Å². The van der Waals surface area contributed by atoms with Crippen molar-refractivity contribution in [3.63, 3.8) is 0 Å². The van der Waals surface area contributed by atoms with Gasteiger partial charge in [0.2, 0.25) is 5.95 Å². The standard InChI is InChI=1S/C28H33ClN8O2/c1-18-7-6-8-23(29)24(18)37-25(30-2)22-15-31-27(33-26(22)35(5)28(37)38)32-19-9-11-20(12-10-19)36-13-14-39-21(17-36)16-34(3)4/h6-12,15,21H,13-14,16-17H2,1-5H3,(H,31,32,33). The van der Waals surface area contributed by atoms with Crippen LogP contribution in [0.15, 0.2) is 58.4 Å². The SMILES string of the molecule is CN=c1c2cnc(Nc3ccc(N4CCOC(CN(C)C)C4)cc3)nc2n(C)c(=O)n1-c1c(C)cccc1Cl. The largest absolute Gasteiger partial charge is 0.373 e. The number of hydrogen-bond donors (Lipinski definition) is 1. The van der Waals surface area contributed by atoms with Crippen LogP contribution >= 0.6 is 11.6 Å². The molecule has 3 heterocycles. The maximum Gasteiger partial charge on any atom is 0.335 e. The van der Waals surface area contributed by atoms with Crippen molar-refractivity contribution in [1.29, 1.82) is 0 Å². The third-order valence-electron chi connectivity index (χ3n) is 6.84. The smallest absolute Gasteiger partial charge is 0.335 e. The van der Waals surface area contributed by atoms with Crippen molar-refractivity contribution in [1.82, 2.24) is 24.0 Å². The second kappa shape index (κ2) is 11.2. The number of nitrogens with zero attached hydrogens (tertiary/aromatic N) is 7. The molecule has 1 unspecified atom stereocenters. The molecule has 1 atom stereocenters. The zero-order valence-corrected chi connectivity index (χ0v) is 23.6. The van der Waals surface area contributed by atoms with Crippen LogP contribution in [0.3, 0.4) is 0 Å². The molecule has 39 heavy (non-hydrogen) atoms. The average molecular weight is 549 g/mol. The van der Waals surface area contributed by atoms with Crippen LogP contribution in [0.25, 0.3) is 16.7 Å². The normalized spacial score (nSPS) is 16.3. The van der Waals surface area contributed by atoms with Crippen LogP contribution in [-0.2, 0) is 11.8 Å². The summed E-state index contributed by atoms with van der Waals surface area (Å²) in [5.74, 6) is 0.386. The Morgan fingerprint density at radius 2 is 1.97 bits per heavy atom. The van der Waals surface area contributed by atoms with Crippen molar-refractivity contribution in [2.75, 3.05) is 57.6 Å². The van der Waals surface area contributed by atoms with Crippen LogP contribution in [0.5, 0.6) is 0 Å². The molecule has 2 aromatic heterocycles. The summed E-state index contributed by atoms with van der Waals surface area (Å²) in [7, 11) is 7.45. The summed E-state index contributed by atoms with van der Waals surface area (Å²) < 4.78 is 8.91. The van der Waals surface area contributed by atoms with Crippen molar-refractivity contribution in [3.8, 4) is 5.69 Å². The summed E-state index contributed by atoms with van der Waals surface area (Å²) in [6.07, 6.45) is 1.87. The minimum Gasteiger partial charge on any atom is -0.373 e. The van der Waals surface area contributed by atoms with E-state index < -0.39 is 0 Å². The van der Waals surface area contributed by atoms with Crippen LogP contribution in [0.2, 0.25) is 5.02 Å².